The first-order valence-electron chi connectivity index (χ1n) is 9.72. The molecule has 0 aliphatic rings. The molecule has 0 unspecified atom stereocenters. The van der Waals surface area contributed by atoms with Crippen LogP contribution in [0.15, 0.2) is 60.7 Å². The molecule has 1 heterocycles. The number of nitrogens with one attached hydrogen (secondary N) is 2. The molecule has 0 spiro atoms. The van der Waals surface area contributed by atoms with Gasteiger partial charge in [0.25, 0.3) is 0 Å². The first kappa shape index (κ1) is 17.4. The zero-order valence-electron chi connectivity index (χ0n) is 15.7. The van der Waals surface area contributed by atoms with Gasteiger partial charge in [0.15, 0.2) is 0 Å². The van der Waals surface area contributed by atoms with Crippen LogP contribution in [0.1, 0.15) is 31.7 Å². The number of para-hydroxylation sites is 2. The zero-order valence-corrected chi connectivity index (χ0v) is 15.7. The van der Waals surface area contributed by atoms with E-state index in [0.29, 0.717) is 12.3 Å². The van der Waals surface area contributed by atoms with Crippen LogP contribution < -0.4 is 9.88 Å². The summed E-state index contributed by atoms with van der Waals surface area (Å²) >= 11 is 0. The molecule has 0 fully saturated rings. The van der Waals surface area contributed by atoms with Gasteiger partial charge in [0.05, 0.1) is 13.1 Å². The third-order valence-corrected chi connectivity index (χ3v) is 5.15. The van der Waals surface area contributed by atoms with Crippen LogP contribution in [-0.2, 0) is 13.1 Å². The van der Waals surface area contributed by atoms with Gasteiger partial charge in [-0.25, -0.2) is 9.55 Å². The maximum atomic E-state index is 10.4. The summed E-state index contributed by atoms with van der Waals surface area (Å²) in [5.74, 6) is 1.31. The highest BCUT2D eigenvalue weighted by atomic mass is 16.3. The Labute approximate surface area is 159 Å². The summed E-state index contributed by atoms with van der Waals surface area (Å²) in [4.78, 5) is 3.50. The fraction of sp³-hybridized carbons (Fsp3) is 0.261. The average molecular weight is 360 g/mol. The van der Waals surface area contributed by atoms with Crippen molar-refractivity contribution >= 4 is 27.8 Å². The van der Waals surface area contributed by atoms with E-state index in [-0.39, 0.29) is 0 Å². The first-order chi connectivity index (χ1) is 13.3. The molecule has 0 atom stereocenters. The van der Waals surface area contributed by atoms with Crippen LogP contribution in [0.5, 0.6) is 5.75 Å². The molecule has 0 radical (unpaired) electrons. The number of H-pyrrole nitrogens is 1. The summed E-state index contributed by atoms with van der Waals surface area (Å²) in [5, 5.41) is 16.2. The molecule has 0 bridgehead atoms. The lowest BCUT2D eigenvalue weighted by atomic mass is 10.0. The topological polar surface area (TPSA) is 51.9 Å². The quantitative estimate of drug-likeness (QED) is 0.317. The molecule has 0 aliphatic heterocycles. The molecule has 0 amide bonds. The van der Waals surface area contributed by atoms with Crippen LogP contribution in [0.3, 0.4) is 0 Å². The van der Waals surface area contributed by atoms with E-state index in [0.717, 1.165) is 40.8 Å². The highest BCUT2D eigenvalue weighted by Gasteiger charge is 2.17. The van der Waals surface area contributed by atoms with Crippen LogP contribution in [0.2, 0.25) is 0 Å². The normalized spacial score (nSPS) is 11.3. The number of aryl methyl sites for hydroxylation is 1. The highest BCUT2D eigenvalue weighted by molar-refractivity contribution is 5.87. The third kappa shape index (κ3) is 3.47. The smallest absolute Gasteiger partial charge is 0.356 e. The number of benzene rings is 3. The minimum atomic E-state index is 0.329. The first-order valence-corrected chi connectivity index (χ1v) is 9.72. The molecular weight excluding hydrogens is 334 g/mol. The lowest BCUT2D eigenvalue weighted by Gasteiger charge is -2.09. The number of rotatable bonds is 7. The number of imidazole rings is 1. The van der Waals surface area contributed by atoms with E-state index in [2.05, 4.69) is 58.2 Å². The number of nitrogens with zero attached hydrogens (tertiary/aromatic N) is 1. The maximum Gasteiger partial charge on any atom is 0.356 e. The number of phenols is 1. The number of anilines is 1. The van der Waals surface area contributed by atoms with Crippen molar-refractivity contribution in [3.8, 4) is 5.75 Å². The molecule has 3 N–H and O–H groups in total. The van der Waals surface area contributed by atoms with E-state index in [1.165, 1.54) is 18.4 Å². The molecule has 4 aromatic rings. The molecule has 4 nitrogen and oxygen atoms in total. The van der Waals surface area contributed by atoms with Gasteiger partial charge < -0.3 is 5.11 Å². The molecule has 0 saturated carbocycles. The van der Waals surface area contributed by atoms with Crippen molar-refractivity contribution in [3.05, 3.63) is 66.2 Å². The summed E-state index contributed by atoms with van der Waals surface area (Å²) in [6, 6.07) is 20.3. The van der Waals surface area contributed by atoms with Crippen molar-refractivity contribution in [1.82, 2.24) is 4.98 Å². The van der Waals surface area contributed by atoms with E-state index in [1.807, 2.05) is 18.2 Å². The van der Waals surface area contributed by atoms with Gasteiger partial charge in [-0.1, -0.05) is 62.2 Å². The molecular formula is C23H26N3O+. The second-order valence-corrected chi connectivity index (χ2v) is 6.99. The van der Waals surface area contributed by atoms with E-state index in [9.17, 15) is 5.11 Å². The fourth-order valence-electron chi connectivity index (χ4n) is 3.70. The predicted octanol–water partition coefficient (Wildman–Crippen LogP) is 5.12. The standard InChI is InChI=1S/C23H25N3O/c1-2-3-8-15-26-21-12-7-6-11-20(21)25-23(26)24-16-19-18-10-5-4-9-17(18)13-14-22(19)27/h4-7,9-14H,2-3,8,15-16H2,1H3,(H2,24,25,27)/p+1. The van der Waals surface area contributed by atoms with Crippen molar-refractivity contribution in [3.63, 3.8) is 0 Å². The number of aromatic nitrogens is 2. The third-order valence-electron chi connectivity index (χ3n) is 5.15. The fourth-order valence-corrected chi connectivity index (χ4v) is 3.70. The molecule has 138 valence electrons. The molecule has 3 aromatic carbocycles. The number of hydrogen-bond donors (Lipinski definition) is 3. The number of aromatic amines is 1. The summed E-state index contributed by atoms with van der Waals surface area (Å²) < 4.78 is 2.31. The predicted molar refractivity (Wildman–Crippen MR) is 111 cm³/mol. The Morgan fingerprint density at radius 2 is 1.78 bits per heavy atom. The molecule has 0 saturated heterocycles. The highest BCUT2D eigenvalue weighted by Crippen LogP contribution is 2.27. The Morgan fingerprint density at radius 3 is 2.67 bits per heavy atom. The summed E-state index contributed by atoms with van der Waals surface area (Å²) in [6.45, 7) is 3.76. The van der Waals surface area contributed by atoms with Crippen molar-refractivity contribution in [1.29, 1.82) is 0 Å². The number of phenolic OH excluding ortho intramolecular Hbond substituents is 1. The Morgan fingerprint density at radius 1 is 0.963 bits per heavy atom. The van der Waals surface area contributed by atoms with Gasteiger partial charge in [0.1, 0.15) is 16.8 Å². The summed E-state index contributed by atoms with van der Waals surface area (Å²) in [5.41, 5.74) is 3.25. The van der Waals surface area contributed by atoms with Gasteiger partial charge in [-0.2, -0.15) is 0 Å². The average Bonchev–Trinajstić information content (AvgIpc) is 3.05. The van der Waals surface area contributed by atoms with E-state index in [1.54, 1.807) is 6.07 Å². The number of fused-ring (bicyclic) bond motifs is 2. The van der Waals surface area contributed by atoms with E-state index >= 15 is 0 Å². The van der Waals surface area contributed by atoms with Crippen LogP contribution in [0, 0.1) is 0 Å². The number of hydrogen-bond acceptors (Lipinski definition) is 2. The van der Waals surface area contributed by atoms with Gasteiger partial charge in [0.2, 0.25) is 0 Å². The minimum Gasteiger partial charge on any atom is -0.508 e. The molecule has 4 heteroatoms. The Hall–Kier alpha value is -3.01. The van der Waals surface area contributed by atoms with Crippen molar-refractivity contribution in [2.45, 2.75) is 39.3 Å². The second-order valence-electron chi connectivity index (χ2n) is 6.99. The monoisotopic (exact) mass is 360 g/mol. The lowest BCUT2D eigenvalue weighted by Crippen LogP contribution is -2.36. The molecule has 0 aliphatic carbocycles. The molecule has 27 heavy (non-hydrogen) atoms. The SMILES string of the molecule is CCCCC[n+]1c(NCc2c(O)ccc3ccccc23)[nH]c2ccccc21. The molecule has 1 aromatic heterocycles. The van der Waals surface area contributed by atoms with Crippen LogP contribution in [0.25, 0.3) is 21.8 Å². The van der Waals surface area contributed by atoms with Crippen LogP contribution >= 0.6 is 0 Å². The summed E-state index contributed by atoms with van der Waals surface area (Å²) in [7, 11) is 0. The van der Waals surface area contributed by atoms with Gasteiger partial charge >= 0.3 is 5.95 Å². The Balaban J connectivity index is 1.66. The summed E-state index contributed by atoms with van der Waals surface area (Å²) in [6.07, 6.45) is 3.57. The van der Waals surface area contributed by atoms with Crippen molar-refractivity contribution in [2.75, 3.05) is 5.32 Å². The number of aromatic hydroxyl groups is 1. The number of unbranched alkanes of at least 4 members (excludes halogenated alkanes) is 2. The maximum absolute atomic E-state index is 10.4. The van der Waals surface area contributed by atoms with Crippen LogP contribution in [0.4, 0.5) is 5.95 Å². The Kier molecular flexibility index (Phi) is 4.97. The zero-order chi connectivity index (χ0) is 18.6. The van der Waals surface area contributed by atoms with E-state index in [4.69, 9.17) is 0 Å². The minimum absolute atomic E-state index is 0.329. The second kappa shape index (κ2) is 7.70. The largest absolute Gasteiger partial charge is 0.508 e. The van der Waals surface area contributed by atoms with Crippen molar-refractivity contribution < 1.29 is 9.67 Å². The Bertz CT molecular complexity index is 1070. The van der Waals surface area contributed by atoms with Crippen LogP contribution in [-0.4, -0.2) is 10.1 Å². The lowest BCUT2D eigenvalue weighted by molar-refractivity contribution is -0.657. The van der Waals surface area contributed by atoms with Gasteiger partial charge in [0, 0.05) is 5.56 Å². The van der Waals surface area contributed by atoms with Gasteiger partial charge in [-0.05, 0) is 35.4 Å². The van der Waals surface area contributed by atoms with Gasteiger partial charge in [-0.15, -0.1) is 0 Å². The van der Waals surface area contributed by atoms with Crippen molar-refractivity contribution in [2.24, 2.45) is 0 Å². The molecule has 4 rings (SSSR count). The van der Waals surface area contributed by atoms with Gasteiger partial charge in [-0.3, -0.25) is 5.32 Å². The van der Waals surface area contributed by atoms with E-state index < -0.39 is 0 Å².